The number of amides is 1. The van der Waals surface area contributed by atoms with Gasteiger partial charge in [-0.2, -0.15) is 0 Å². The molecule has 23 heavy (non-hydrogen) atoms. The molecule has 0 heterocycles. The normalized spacial score (nSPS) is 13.2. The molecule has 0 aliphatic rings. The smallest absolute Gasteiger partial charge is 0.265 e. The molecule has 3 nitrogen and oxygen atoms in total. The van der Waals surface area contributed by atoms with Crippen LogP contribution in [0.4, 0.5) is 5.69 Å². The van der Waals surface area contributed by atoms with Gasteiger partial charge in [-0.15, -0.1) is 0 Å². The quantitative estimate of drug-likeness (QED) is 0.822. The number of ether oxygens (including phenoxy) is 1. The van der Waals surface area contributed by atoms with E-state index in [2.05, 4.69) is 31.3 Å². The molecular weight excluding hydrogens is 286 g/mol. The summed E-state index contributed by atoms with van der Waals surface area (Å²) < 4.78 is 5.70. The monoisotopic (exact) mass is 311 g/mol. The zero-order valence-corrected chi connectivity index (χ0v) is 14.3. The van der Waals surface area contributed by atoms with Gasteiger partial charge in [-0.25, -0.2) is 0 Å². The maximum Gasteiger partial charge on any atom is 0.265 e. The molecule has 2 atom stereocenters. The average Bonchev–Trinajstić information content (AvgIpc) is 2.54. The van der Waals surface area contributed by atoms with E-state index in [0.29, 0.717) is 11.7 Å². The summed E-state index contributed by atoms with van der Waals surface area (Å²) in [4.78, 5) is 12.2. The van der Waals surface area contributed by atoms with Crippen molar-refractivity contribution in [3.63, 3.8) is 0 Å². The highest BCUT2D eigenvalue weighted by atomic mass is 16.5. The minimum absolute atomic E-state index is 0.150. The standard InChI is InChI=1S/C20H25NO2/c1-5-15(3)17-9-11-18(12-10-17)21-20(22)16(4)23-19-8-6-7-14(2)13-19/h6-13,15-16H,5H2,1-4H3,(H,21,22)/t15-,16+/m1/s1. The summed E-state index contributed by atoms with van der Waals surface area (Å²) in [5.74, 6) is 1.09. The molecule has 1 N–H and O–H groups in total. The Morgan fingerprint density at radius 2 is 1.83 bits per heavy atom. The Hall–Kier alpha value is -2.29. The maximum atomic E-state index is 12.2. The molecule has 3 heteroatoms. The number of hydrogen-bond acceptors (Lipinski definition) is 2. The number of aryl methyl sites for hydroxylation is 1. The van der Waals surface area contributed by atoms with Crippen LogP contribution in [0.1, 0.15) is 44.2 Å². The molecule has 0 saturated heterocycles. The zero-order valence-electron chi connectivity index (χ0n) is 14.3. The molecule has 0 unspecified atom stereocenters. The van der Waals surface area contributed by atoms with Gasteiger partial charge in [0.15, 0.2) is 6.10 Å². The van der Waals surface area contributed by atoms with Gasteiger partial charge in [-0.05, 0) is 61.6 Å². The Morgan fingerprint density at radius 1 is 1.13 bits per heavy atom. The lowest BCUT2D eigenvalue weighted by Crippen LogP contribution is -2.30. The number of carbonyl (C=O) groups is 1. The fourth-order valence-electron chi connectivity index (χ4n) is 2.32. The second-order valence-corrected chi connectivity index (χ2v) is 6.00. The first kappa shape index (κ1) is 17.1. The highest BCUT2D eigenvalue weighted by Gasteiger charge is 2.15. The van der Waals surface area contributed by atoms with Crippen molar-refractivity contribution in [3.8, 4) is 5.75 Å². The minimum Gasteiger partial charge on any atom is -0.481 e. The van der Waals surface area contributed by atoms with E-state index < -0.39 is 6.10 Å². The van der Waals surface area contributed by atoms with E-state index in [0.717, 1.165) is 17.7 Å². The minimum atomic E-state index is -0.550. The third-order valence-corrected chi connectivity index (χ3v) is 4.03. The van der Waals surface area contributed by atoms with Crippen molar-refractivity contribution in [3.05, 3.63) is 59.7 Å². The van der Waals surface area contributed by atoms with Crippen molar-refractivity contribution in [1.29, 1.82) is 0 Å². The Bertz CT molecular complexity index is 649. The van der Waals surface area contributed by atoms with Gasteiger partial charge in [0, 0.05) is 5.69 Å². The topological polar surface area (TPSA) is 38.3 Å². The largest absolute Gasteiger partial charge is 0.481 e. The Morgan fingerprint density at radius 3 is 2.43 bits per heavy atom. The van der Waals surface area contributed by atoms with Crippen molar-refractivity contribution < 1.29 is 9.53 Å². The number of benzene rings is 2. The number of nitrogens with one attached hydrogen (secondary N) is 1. The van der Waals surface area contributed by atoms with Crippen LogP contribution in [-0.2, 0) is 4.79 Å². The molecule has 0 radical (unpaired) electrons. The van der Waals surface area contributed by atoms with Crippen molar-refractivity contribution in [2.75, 3.05) is 5.32 Å². The Kier molecular flexibility index (Phi) is 5.80. The fourth-order valence-corrected chi connectivity index (χ4v) is 2.32. The first-order chi connectivity index (χ1) is 11.0. The van der Waals surface area contributed by atoms with Crippen LogP contribution >= 0.6 is 0 Å². The molecule has 0 bridgehead atoms. The summed E-state index contributed by atoms with van der Waals surface area (Å²) in [6, 6.07) is 15.7. The molecule has 0 spiro atoms. The van der Waals surface area contributed by atoms with Gasteiger partial charge >= 0.3 is 0 Å². The molecule has 2 aromatic rings. The van der Waals surface area contributed by atoms with Crippen LogP contribution in [0, 0.1) is 6.92 Å². The van der Waals surface area contributed by atoms with Crippen LogP contribution in [0.3, 0.4) is 0 Å². The predicted molar refractivity (Wildman–Crippen MR) is 95.0 cm³/mol. The molecule has 2 rings (SSSR count). The van der Waals surface area contributed by atoms with Gasteiger partial charge in [0.2, 0.25) is 0 Å². The van der Waals surface area contributed by atoms with E-state index >= 15 is 0 Å². The number of rotatable bonds is 6. The predicted octanol–water partition coefficient (Wildman–Crippen LogP) is 4.91. The Balaban J connectivity index is 1.95. The molecule has 1 amide bonds. The van der Waals surface area contributed by atoms with Gasteiger partial charge < -0.3 is 10.1 Å². The van der Waals surface area contributed by atoms with Crippen LogP contribution in [0.2, 0.25) is 0 Å². The van der Waals surface area contributed by atoms with E-state index in [1.807, 2.05) is 43.3 Å². The van der Waals surface area contributed by atoms with Crippen molar-refractivity contribution in [2.45, 2.75) is 46.1 Å². The molecule has 0 aromatic heterocycles. The SMILES string of the molecule is CC[C@@H](C)c1ccc(NC(=O)[C@H](C)Oc2cccc(C)c2)cc1. The summed E-state index contributed by atoms with van der Waals surface area (Å²) in [6.07, 6.45) is 0.554. The van der Waals surface area contributed by atoms with Crippen LogP contribution in [0.5, 0.6) is 5.75 Å². The fraction of sp³-hybridized carbons (Fsp3) is 0.350. The van der Waals surface area contributed by atoms with E-state index in [1.165, 1.54) is 5.56 Å². The van der Waals surface area contributed by atoms with Crippen molar-refractivity contribution >= 4 is 11.6 Å². The van der Waals surface area contributed by atoms with Gasteiger partial charge in [0.25, 0.3) is 5.91 Å². The summed E-state index contributed by atoms with van der Waals surface area (Å²) in [7, 11) is 0. The summed E-state index contributed by atoms with van der Waals surface area (Å²) in [5, 5.41) is 2.90. The van der Waals surface area contributed by atoms with Crippen molar-refractivity contribution in [2.24, 2.45) is 0 Å². The average molecular weight is 311 g/mol. The highest BCUT2D eigenvalue weighted by molar-refractivity contribution is 5.94. The molecule has 0 saturated carbocycles. The summed E-state index contributed by atoms with van der Waals surface area (Å²) >= 11 is 0. The summed E-state index contributed by atoms with van der Waals surface area (Å²) in [6.45, 7) is 8.12. The number of hydrogen-bond donors (Lipinski definition) is 1. The molecular formula is C20H25NO2. The van der Waals surface area contributed by atoms with Crippen molar-refractivity contribution in [1.82, 2.24) is 0 Å². The van der Waals surface area contributed by atoms with Crippen LogP contribution < -0.4 is 10.1 Å². The second kappa shape index (κ2) is 7.82. The molecule has 0 aliphatic carbocycles. The maximum absolute atomic E-state index is 12.2. The highest BCUT2D eigenvalue weighted by Crippen LogP contribution is 2.21. The Labute approximate surface area is 138 Å². The summed E-state index contributed by atoms with van der Waals surface area (Å²) in [5.41, 5.74) is 3.19. The number of carbonyl (C=O) groups excluding carboxylic acids is 1. The lowest BCUT2D eigenvalue weighted by atomic mass is 9.99. The van der Waals surface area contributed by atoms with E-state index in [1.54, 1.807) is 6.92 Å². The molecule has 2 aromatic carbocycles. The lowest BCUT2D eigenvalue weighted by Gasteiger charge is -2.16. The van der Waals surface area contributed by atoms with E-state index in [9.17, 15) is 4.79 Å². The van der Waals surface area contributed by atoms with Gasteiger partial charge in [0.1, 0.15) is 5.75 Å². The van der Waals surface area contributed by atoms with Crippen LogP contribution in [0.25, 0.3) is 0 Å². The van der Waals surface area contributed by atoms with Gasteiger partial charge in [-0.1, -0.05) is 38.1 Å². The molecule has 122 valence electrons. The zero-order chi connectivity index (χ0) is 16.8. The second-order valence-electron chi connectivity index (χ2n) is 6.00. The first-order valence-corrected chi connectivity index (χ1v) is 8.13. The van der Waals surface area contributed by atoms with Gasteiger partial charge in [0.05, 0.1) is 0 Å². The van der Waals surface area contributed by atoms with E-state index in [4.69, 9.17) is 4.74 Å². The number of anilines is 1. The van der Waals surface area contributed by atoms with E-state index in [-0.39, 0.29) is 5.91 Å². The lowest BCUT2D eigenvalue weighted by molar-refractivity contribution is -0.122. The molecule has 0 aliphatic heterocycles. The molecule has 0 fully saturated rings. The first-order valence-electron chi connectivity index (χ1n) is 8.13. The third-order valence-electron chi connectivity index (χ3n) is 4.03. The van der Waals surface area contributed by atoms with Gasteiger partial charge in [-0.3, -0.25) is 4.79 Å². The third kappa shape index (κ3) is 4.85. The van der Waals surface area contributed by atoms with Crippen LogP contribution in [-0.4, -0.2) is 12.0 Å². The van der Waals surface area contributed by atoms with Crippen LogP contribution in [0.15, 0.2) is 48.5 Å².